The summed E-state index contributed by atoms with van der Waals surface area (Å²) in [6.45, 7) is 10.1. The third kappa shape index (κ3) is 6.53. The Morgan fingerprint density at radius 3 is 2.56 bits per heavy atom. The van der Waals surface area contributed by atoms with E-state index in [-0.39, 0.29) is 11.3 Å². The van der Waals surface area contributed by atoms with E-state index in [0.29, 0.717) is 12.3 Å². The van der Waals surface area contributed by atoms with Crippen LogP contribution in [0.1, 0.15) is 45.5 Å². The smallest absolute Gasteiger partial charge is 0.230 e. The minimum Gasteiger partial charge on any atom is -0.355 e. The molecule has 0 aliphatic carbocycles. The zero-order valence-corrected chi connectivity index (χ0v) is 16.4. The fourth-order valence-electron chi connectivity index (χ4n) is 2.41. The molecule has 0 aliphatic heterocycles. The van der Waals surface area contributed by atoms with Gasteiger partial charge >= 0.3 is 0 Å². The first-order valence-corrected chi connectivity index (χ1v) is 9.73. The molecule has 6 heteroatoms. The van der Waals surface area contributed by atoms with Gasteiger partial charge in [-0.15, -0.1) is 10.2 Å². The third-order valence-corrected chi connectivity index (χ3v) is 4.81. The van der Waals surface area contributed by atoms with Crippen LogP contribution >= 0.6 is 11.8 Å². The van der Waals surface area contributed by atoms with E-state index < -0.39 is 0 Å². The van der Waals surface area contributed by atoms with Crippen molar-refractivity contribution in [2.24, 2.45) is 5.41 Å². The molecule has 5 nitrogen and oxygen atoms in total. The summed E-state index contributed by atoms with van der Waals surface area (Å²) in [4.78, 5) is 12.0. The van der Waals surface area contributed by atoms with Gasteiger partial charge < -0.3 is 9.88 Å². The Labute approximate surface area is 154 Å². The SMILES string of the molecule is CCn1c(Cc2ccccc2)nnc1SCC(=O)NCCC(C)(C)C. The van der Waals surface area contributed by atoms with Gasteiger partial charge in [0.25, 0.3) is 0 Å². The van der Waals surface area contributed by atoms with Gasteiger partial charge in [-0.1, -0.05) is 62.9 Å². The Kier molecular flexibility index (Phi) is 7.05. The molecule has 2 rings (SSSR count). The van der Waals surface area contributed by atoms with E-state index in [1.807, 2.05) is 18.2 Å². The minimum absolute atomic E-state index is 0.0458. The van der Waals surface area contributed by atoms with Crippen molar-refractivity contribution in [3.63, 3.8) is 0 Å². The Bertz CT molecular complexity index is 676. The normalized spacial score (nSPS) is 11.5. The largest absolute Gasteiger partial charge is 0.355 e. The van der Waals surface area contributed by atoms with Crippen LogP contribution < -0.4 is 5.32 Å². The van der Waals surface area contributed by atoms with E-state index in [2.05, 4.69) is 59.9 Å². The summed E-state index contributed by atoms with van der Waals surface area (Å²) in [6.07, 6.45) is 1.72. The molecular formula is C19H28N4OS. The van der Waals surface area contributed by atoms with E-state index in [1.54, 1.807) is 0 Å². The number of nitrogens with zero attached hydrogens (tertiary/aromatic N) is 3. The predicted molar refractivity (Wildman–Crippen MR) is 103 cm³/mol. The van der Waals surface area contributed by atoms with Crippen molar-refractivity contribution in [1.82, 2.24) is 20.1 Å². The zero-order chi connectivity index (χ0) is 18.3. The van der Waals surface area contributed by atoms with Gasteiger partial charge in [0.05, 0.1) is 5.75 Å². The van der Waals surface area contributed by atoms with Crippen molar-refractivity contribution < 1.29 is 4.79 Å². The molecule has 0 spiro atoms. The molecule has 0 bridgehead atoms. The highest BCUT2D eigenvalue weighted by Crippen LogP contribution is 2.19. The summed E-state index contributed by atoms with van der Waals surface area (Å²) in [5, 5.41) is 12.4. The van der Waals surface area contributed by atoms with Gasteiger partial charge in [-0.05, 0) is 24.3 Å². The summed E-state index contributed by atoms with van der Waals surface area (Å²) in [5.41, 5.74) is 1.44. The lowest BCUT2D eigenvalue weighted by Gasteiger charge is -2.17. The van der Waals surface area contributed by atoms with Crippen LogP contribution in [0.4, 0.5) is 0 Å². The molecule has 1 N–H and O–H groups in total. The summed E-state index contributed by atoms with van der Waals surface area (Å²) in [5.74, 6) is 1.35. The quantitative estimate of drug-likeness (QED) is 0.732. The summed E-state index contributed by atoms with van der Waals surface area (Å²) in [6, 6.07) is 10.2. The number of hydrogen-bond acceptors (Lipinski definition) is 4. The molecule has 0 radical (unpaired) electrons. The Hall–Kier alpha value is -1.82. The lowest BCUT2D eigenvalue weighted by Crippen LogP contribution is -2.28. The average Bonchev–Trinajstić information content (AvgIpc) is 2.94. The number of amides is 1. The van der Waals surface area contributed by atoms with E-state index in [1.165, 1.54) is 17.3 Å². The number of hydrogen-bond donors (Lipinski definition) is 1. The van der Waals surface area contributed by atoms with E-state index in [0.717, 1.165) is 30.4 Å². The topological polar surface area (TPSA) is 59.8 Å². The Morgan fingerprint density at radius 1 is 1.20 bits per heavy atom. The Morgan fingerprint density at radius 2 is 1.92 bits per heavy atom. The first-order chi connectivity index (χ1) is 11.9. The van der Waals surface area contributed by atoms with Crippen LogP contribution in [0.3, 0.4) is 0 Å². The molecule has 0 aliphatic rings. The standard InChI is InChI=1S/C19H28N4OS/c1-5-23-16(13-15-9-7-6-8-10-15)21-22-18(23)25-14-17(24)20-12-11-19(2,3)4/h6-10H,5,11-14H2,1-4H3,(H,20,24). The van der Waals surface area contributed by atoms with Crippen molar-refractivity contribution in [3.8, 4) is 0 Å². The highest BCUT2D eigenvalue weighted by molar-refractivity contribution is 7.99. The fourth-order valence-corrected chi connectivity index (χ4v) is 3.26. The van der Waals surface area contributed by atoms with Crippen LogP contribution in [-0.4, -0.2) is 33.0 Å². The molecule has 0 saturated carbocycles. The van der Waals surface area contributed by atoms with Crippen molar-refractivity contribution in [3.05, 3.63) is 41.7 Å². The average molecular weight is 361 g/mol. The number of rotatable bonds is 8. The summed E-state index contributed by atoms with van der Waals surface area (Å²) in [7, 11) is 0. The lowest BCUT2D eigenvalue weighted by molar-refractivity contribution is -0.118. The second kappa shape index (κ2) is 9.04. The molecule has 0 unspecified atom stereocenters. The molecule has 0 saturated heterocycles. The van der Waals surface area contributed by atoms with Crippen LogP contribution in [0, 0.1) is 5.41 Å². The van der Waals surface area contributed by atoms with Crippen molar-refractivity contribution in [2.45, 2.75) is 52.2 Å². The van der Waals surface area contributed by atoms with Crippen LogP contribution in [0.15, 0.2) is 35.5 Å². The number of carbonyl (C=O) groups excluding carboxylic acids is 1. The first-order valence-electron chi connectivity index (χ1n) is 8.74. The van der Waals surface area contributed by atoms with Gasteiger partial charge in [0, 0.05) is 19.5 Å². The van der Waals surface area contributed by atoms with Gasteiger partial charge in [0.2, 0.25) is 5.91 Å². The van der Waals surface area contributed by atoms with Crippen LogP contribution in [0.2, 0.25) is 0 Å². The van der Waals surface area contributed by atoms with E-state index in [4.69, 9.17) is 0 Å². The first kappa shape index (κ1) is 19.5. The van der Waals surface area contributed by atoms with Crippen LogP contribution in [0.5, 0.6) is 0 Å². The second-order valence-corrected chi connectivity index (χ2v) is 8.20. The lowest BCUT2D eigenvalue weighted by atomic mass is 9.92. The number of benzene rings is 1. The van der Waals surface area contributed by atoms with Crippen LogP contribution in [-0.2, 0) is 17.8 Å². The van der Waals surface area contributed by atoms with E-state index >= 15 is 0 Å². The number of carbonyl (C=O) groups is 1. The van der Waals surface area contributed by atoms with Crippen molar-refractivity contribution in [1.29, 1.82) is 0 Å². The zero-order valence-electron chi connectivity index (χ0n) is 15.6. The Balaban J connectivity index is 1.89. The van der Waals surface area contributed by atoms with Gasteiger partial charge in [-0.25, -0.2) is 0 Å². The molecule has 0 fully saturated rings. The highest BCUT2D eigenvalue weighted by Gasteiger charge is 2.14. The number of aromatic nitrogens is 3. The second-order valence-electron chi connectivity index (χ2n) is 7.25. The van der Waals surface area contributed by atoms with Crippen LogP contribution in [0.25, 0.3) is 0 Å². The molecule has 1 heterocycles. The molecule has 1 amide bonds. The summed E-state index contributed by atoms with van der Waals surface area (Å²) >= 11 is 1.45. The fraction of sp³-hybridized carbons (Fsp3) is 0.526. The van der Waals surface area contributed by atoms with Gasteiger partial charge in [0.15, 0.2) is 5.16 Å². The van der Waals surface area contributed by atoms with Gasteiger partial charge in [-0.3, -0.25) is 4.79 Å². The van der Waals surface area contributed by atoms with Crippen molar-refractivity contribution >= 4 is 17.7 Å². The van der Waals surface area contributed by atoms with Gasteiger partial charge in [0.1, 0.15) is 5.82 Å². The molecule has 2 aromatic rings. The number of thioether (sulfide) groups is 1. The highest BCUT2D eigenvalue weighted by atomic mass is 32.2. The minimum atomic E-state index is 0.0458. The summed E-state index contributed by atoms with van der Waals surface area (Å²) < 4.78 is 2.08. The van der Waals surface area contributed by atoms with Crippen molar-refractivity contribution in [2.75, 3.05) is 12.3 Å². The molecule has 25 heavy (non-hydrogen) atoms. The molecule has 1 aromatic heterocycles. The van der Waals surface area contributed by atoms with E-state index in [9.17, 15) is 4.79 Å². The monoisotopic (exact) mass is 360 g/mol. The number of nitrogens with one attached hydrogen (secondary N) is 1. The molecule has 1 aromatic carbocycles. The maximum Gasteiger partial charge on any atom is 0.230 e. The molecular weight excluding hydrogens is 332 g/mol. The molecule has 136 valence electrons. The maximum absolute atomic E-state index is 12.0. The maximum atomic E-state index is 12.0. The van der Waals surface area contributed by atoms with Gasteiger partial charge in [-0.2, -0.15) is 0 Å². The predicted octanol–water partition coefficient (Wildman–Crippen LogP) is 3.53. The molecule has 0 atom stereocenters. The third-order valence-electron chi connectivity index (χ3n) is 3.84.